The van der Waals surface area contributed by atoms with E-state index in [4.69, 9.17) is 4.74 Å². The summed E-state index contributed by atoms with van der Waals surface area (Å²) >= 11 is 0. The second-order valence-electron chi connectivity index (χ2n) is 6.72. The second-order valence-corrected chi connectivity index (χ2v) is 6.72. The monoisotopic (exact) mass is 331 g/mol. The molecule has 1 amide bonds. The average molecular weight is 331 g/mol. The Bertz CT molecular complexity index is 659. The van der Waals surface area contributed by atoms with Crippen molar-refractivity contribution in [3.05, 3.63) is 30.1 Å². The largest absolute Gasteiger partial charge is 0.396 e. The standard InChI is InChI=1S/C18H25N3O3/c1-21(12-18(13-22)8-10-24-11-9-18)17(23)7-6-16-19-14-4-2-3-5-15(14)20-16/h2-5,22H,6-13H2,1H3,(H,19,20). The fraction of sp³-hybridized carbons (Fsp3) is 0.556. The number of aliphatic hydroxyl groups is 1. The molecule has 0 radical (unpaired) electrons. The van der Waals surface area contributed by atoms with Crippen LogP contribution in [0.3, 0.4) is 0 Å². The molecule has 3 rings (SSSR count). The number of aromatic nitrogens is 2. The Balaban J connectivity index is 1.55. The number of para-hydroxylation sites is 2. The van der Waals surface area contributed by atoms with Crippen molar-refractivity contribution >= 4 is 16.9 Å². The van der Waals surface area contributed by atoms with Crippen molar-refractivity contribution in [2.45, 2.75) is 25.7 Å². The van der Waals surface area contributed by atoms with Crippen LogP contribution in [0.25, 0.3) is 11.0 Å². The molecule has 130 valence electrons. The van der Waals surface area contributed by atoms with Gasteiger partial charge in [0, 0.05) is 45.1 Å². The van der Waals surface area contributed by atoms with E-state index < -0.39 is 0 Å². The molecule has 2 heterocycles. The maximum atomic E-state index is 12.4. The van der Waals surface area contributed by atoms with Gasteiger partial charge in [-0.3, -0.25) is 4.79 Å². The van der Waals surface area contributed by atoms with E-state index in [2.05, 4.69) is 9.97 Å². The number of carbonyl (C=O) groups is 1. The lowest BCUT2D eigenvalue weighted by Crippen LogP contribution is -2.44. The van der Waals surface area contributed by atoms with Crippen LogP contribution < -0.4 is 0 Å². The number of H-pyrrole nitrogens is 1. The first-order valence-corrected chi connectivity index (χ1v) is 8.48. The summed E-state index contributed by atoms with van der Waals surface area (Å²) < 4.78 is 5.38. The third kappa shape index (κ3) is 3.76. The van der Waals surface area contributed by atoms with Crippen molar-refractivity contribution in [2.24, 2.45) is 5.41 Å². The van der Waals surface area contributed by atoms with Gasteiger partial charge in [0.2, 0.25) is 5.91 Å². The van der Waals surface area contributed by atoms with Crippen LogP contribution >= 0.6 is 0 Å². The summed E-state index contributed by atoms with van der Waals surface area (Å²) in [7, 11) is 1.81. The molecule has 1 fully saturated rings. The van der Waals surface area contributed by atoms with E-state index in [9.17, 15) is 9.90 Å². The number of ether oxygens (including phenoxy) is 1. The van der Waals surface area contributed by atoms with Crippen molar-refractivity contribution < 1.29 is 14.6 Å². The van der Waals surface area contributed by atoms with E-state index >= 15 is 0 Å². The number of aliphatic hydroxyl groups excluding tert-OH is 1. The SMILES string of the molecule is CN(CC1(CO)CCOCC1)C(=O)CCc1nc2ccccc2[nH]1. The average Bonchev–Trinajstić information content (AvgIpc) is 3.03. The van der Waals surface area contributed by atoms with E-state index in [1.807, 2.05) is 31.3 Å². The topological polar surface area (TPSA) is 78.5 Å². The van der Waals surface area contributed by atoms with E-state index in [1.165, 1.54) is 0 Å². The van der Waals surface area contributed by atoms with Crippen LogP contribution in [0.1, 0.15) is 25.1 Å². The predicted molar refractivity (Wildman–Crippen MR) is 91.6 cm³/mol. The van der Waals surface area contributed by atoms with Crippen LogP contribution in [0, 0.1) is 5.41 Å². The number of amides is 1. The summed E-state index contributed by atoms with van der Waals surface area (Å²) in [6.07, 6.45) is 2.59. The van der Waals surface area contributed by atoms with E-state index in [-0.39, 0.29) is 17.9 Å². The first kappa shape index (κ1) is 16.9. The molecule has 1 aliphatic rings. The molecule has 1 aliphatic heterocycles. The molecule has 0 aliphatic carbocycles. The molecule has 0 unspecified atom stereocenters. The van der Waals surface area contributed by atoms with Gasteiger partial charge >= 0.3 is 0 Å². The lowest BCUT2D eigenvalue weighted by Gasteiger charge is -2.38. The fourth-order valence-electron chi connectivity index (χ4n) is 3.30. The molecule has 0 spiro atoms. The number of fused-ring (bicyclic) bond motifs is 1. The van der Waals surface area contributed by atoms with Gasteiger partial charge in [-0.2, -0.15) is 0 Å². The highest BCUT2D eigenvalue weighted by Crippen LogP contribution is 2.30. The van der Waals surface area contributed by atoms with E-state index in [0.717, 1.165) is 29.7 Å². The summed E-state index contributed by atoms with van der Waals surface area (Å²) in [5.74, 6) is 0.913. The minimum atomic E-state index is -0.220. The zero-order valence-electron chi connectivity index (χ0n) is 14.1. The maximum Gasteiger partial charge on any atom is 0.222 e. The Kier molecular flexibility index (Phi) is 5.16. The highest BCUT2D eigenvalue weighted by Gasteiger charge is 2.34. The number of aryl methyl sites for hydroxylation is 1. The van der Waals surface area contributed by atoms with Crippen molar-refractivity contribution in [1.29, 1.82) is 0 Å². The molecule has 1 aromatic carbocycles. The van der Waals surface area contributed by atoms with Gasteiger partial charge in [-0.05, 0) is 25.0 Å². The van der Waals surface area contributed by atoms with Gasteiger partial charge in [0.05, 0.1) is 17.6 Å². The fourth-order valence-corrected chi connectivity index (χ4v) is 3.30. The molecule has 6 heteroatoms. The van der Waals surface area contributed by atoms with Crippen LogP contribution in [0.4, 0.5) is 0 Å². The summed E-state index contributed by atoms with van der Waals surface area (Å²) in [6.45, 7) is 1.98. The van der Waals surface area contributed by atoms with Crippen LogP contribution in [0.15, 0.2) is 24.3 Å². The number of benzene rings is 1. The lowest BCUT2D eigenvalue weighted by atomic mass is 9.80. The molecule has 2 aromatic rings. The first-order chi connectivity index (χ1) is 11.6. The summed E-state index contributed by atoms with van der Waals surface area (Å²) in [4.78, 5) is 21.9. The Morgan fingerprint density at radius 2 is 2.12 bits per heavy atom. The van der Waals surface area contributed by atoms with Crippen LogP contribution in [-0.2, 0) is 16.0 Å². The van der Waals surface area contributed by atoms with E-state index in [1.54, 1.807) is 4.90 Å². The number of imidazole rings is 1. The van der Waals surface area contributed by atoms with Gasteiger partial charge in [-0.1, -0.05) is 12.1 Å². The normalized spacial score (nSPS) is 17.1. The maximum absolute atomic E-state index is 12.4. The highest BCUT2D eigenvalue weighted by atomic mass is 16.5. The first-order valence-electron chi connectivity index (χ1n) is 8.48. The molecule has 0 atom stereocenters. The Hall–Kier alpha value is -1.92. The third-order valence-corrected chi connectivity index (χ3v) is 4.90. The molecular weight excluding hydrogens is 306 g/mol. The minimum Gasteiger partial charge on any atom is -0.396 e. The van der Waals surface area contributed by atoms with Gasteiger partial charge in [-0.25, -0.2) is 4.98 Å². The van der Waals surface area contributed by atoms with Gasteiger partial charge in [0.15, 0.2) is 0 Å². The predicted octanol–water partition coefficient (Wildman–Crippen LogP) is 1.74. The number of rotatable bonds is 6. The quantitative estimate of drug-likeness (QED) is 0.845. The Morgan fingerprint density at radius 1 is 1.38 bits per heavy atom. The number of hydrogen-bond acceptors (Lipinski definition) is 4. The number of aromatic amines is 1. The number of carbonyl (C=O) groups excluding carboxylic acids is 1. The summed E-state index contributed by atoms with van der Waals surface area (Å²) in [5, 5.41) is 9.75. The molecule has 24 heavy (non-hydrogen) atoms. The van der Waals surface area contributed by atoms with Gasteiger partial charge in [0.1, 0.15) is 5.82 Å². The molecule has 1 saturated heterocycles. The Morgan fingerprint density at radius 3 is 2.83 bits per heavy atom. The van der Waals surface area contributed by atoms with Crippen LogP contribution in [-0.4, -0.2) is 59.3 Å². The lowest BCUT2D eigenvalue weighted by molar-refractivity contribution is -0.133. The number of nitrogens with one attached hydrogen (secondary N) is 1. The molecule has 2 N–H and O–H groups in total. The minimum absolute atomic E-state index is 0.0785. The molecule has 6 nitrogen and oxygen atoms in total. The van der Waals surface area contributed by atoms with Crippen LogP contribution in [0.5, 0.6) is 0 Å². The molecule has 0 saturated carbocycles. The molecule has 0 bridgehead atoms. The molecule has 1 aromatic heterocycles. The molecular formula is C18H25N3O3. The summed E-state index contributed by atoms with van der Waals surface area (Å²) in [6, 6.07) is 7.86. The van der Waals surface area contributed by atoms with Gasteiger partial charge in [-0.15, -0.1) is 0 Å². The zero-order valence-corrected chi connectivity index (χ0v) is 14.1. The van der Waals surface area contributed by atoms with Gasteiger partial charge in [0.25, 0.3) is 0 Å². The van der Waals surface area contributed by atoms with Crippen molar-refractivity contribution in [1.82, 2.24) is 14.9 Å². The van der Waals surface area contributed by atoms with E-state index in [0.29, 0.717) is 32.6 Å². The van der Waals surface area contributed by atoms with Crippen molar-refractivity contribution in [3.8, 4) is 0 Å². The second kappa shape index (κ2) is 7.32. The smallest absolute Gasteiger partial charge is 0.222 e. The van der Waals surface area contributed by atoms with Crippen molar-refractivity contribution in [2.75, 3.05) is 33.4 Å². The summed E-state index contributed by atoms with van der Waals surface area (Å²) in [5.41, 5.74) is 1.70. The van der Waals surface area contributed by atoms with Crippen LogP contribution in [0.2, 0.25) is 0 Å². The third-order valence-electron chi connectivity index (χ3n) is 4.90. The van der Waals surface area contributed by atoms with Gasteiger partial charge < -0.3 is 19.7 Å². The zero-order chi connectivity index (χ0) is 17.0. The number of hydrogen-bond donors (Lipinski definition) is 2. The highest BCUT2D eigenvalue weighted by molar-refractivity contribution is 5.77. The number of nitrogens with zero attached hydrogens (tertiary/aromatic N) is 2. The Labute approximate surface area is 141 Å². The van der Waals surface area contributed by atoms with Crippen molar-refractivity contribution in [3.63, 3.8) is 0 Å².